The molecule has 1 rings (SSSR count). The van der Waals surface area contributed by atoms with Crippen molar-refractivity contribution >= 4 is 0 Å². The molecule has 80 valence electrons. The fourth-order valence-corrected chi connectivity index (χ4v) is 1.35. The molecule has 4 nitrogen and oxygen atoms in total. The summed E-state index contributed by atoms with van der Waals surface area (Å²) < 4.78 is 1.53. The van der Waals surface area contributed by atoms with Crippen LogP contribution in [0, 0.1) is 24.2 Å². The highest BCUT2D eigenvalue weighted by Gasteiger charge is 2.08. The van der Waals surface area contributed by atoms with Crippen molar-refractivity contribution in [2.24, 2.45) is 5.92 Å². The smallest absolute Gasteiger partial charge is 0.268 e. The lowest BCUT2D eigenvalue weighted by molar-refractivity contribution is 0.221. The van der Waals surface area contributed by atoms with E-state index < -0.39 is 0 Å². The molecule has 0 aromatic carbocycles. The Morgan fingerprint density at radius 1 is 1.60 bits per heavy atom. The van der Waals surface area contributed by atoms with E-state index in [4.69, 9.17) is 10.4 Å². The van der Waals surface area contributed by atoms with Crippen molar-refractivity contribution in [2.75, 3.05) is 6.61 Å². The van der Waals surface area contributed by atoms with Crippen molar-refractivity contribution < 1.29 is 5.11 Å². The van der Waals surface area contributed by atoms with Gasteiger partial charge in [-0.25, -0.2) is 0 Å². The molecule has 0 spiro atoms. The zero-order valence-electron chi connectivity index (χ0n) is 8.90. The Morgan fingerprint density at radius 3 is 2.80 bits per heavy atom. The molecule has 0 bridgehead atoms. The fourth-order valence-electron chi connectivity index (χ4n) is 1.35. The predicted octanol–water partition coefficient (Wildman–Crippen LogP) is 0.657. The van der Waals surface area contributed by atoms with Crippen molar-refractivity contribution in [1.82, 2.24) is 4.57 Å². The van der Waals surface area contributed by atoms with Gasteiger partial charge in [0.05, 0.1) is 0 Å². The van der Waals surface area contributed by atoms with Crippen molar-refractivity contribution in [1.29, 1.82) is 5.26 Å². The summed E-state index contributed by atoms with van der Waals surface area (Å²) in [6.45, 7) is 4.14. The summed E-state index contributed by atoms with van der Waals surface area (Å²) in [5.41, 5.74) is 0.669. The van der Waals surface area contributed by atoms with Gasteiger partial charge in [-0.2, -0.15) is 5.26 Å². The summed E-state index contributed by atoms with van der Waals surface area (Å²) in [7, 11) is 0. The Balaban J connectivity index is 3.17. The molecular weight excluding hydrogens is 192 g/mol. The topological polar surface area (TPSA) is 66.0 Å². The van der Waals surface area contributed by atoms with Crippen molar-refractivity contribution in [3.8, 4) is 6.07 Å². The van der Waals surface area contributed by atoms with E-state index in [-0.39, 0.29) is 23.6 Å². The number of aliphatic hydroxyl groups is 1. The van der Waals surface area contributed by atoms with Crippen LogP contribution < -0.4 is 5.56 Å². The third-order valence-electron chi connectivity index (χ3n) is 2.32. The van der Waals surface area contributed by atoms with Gasteiger partial charge in [0.1, 0.15) is 11.6 Å². The van der Waals surface area contributed by atoms with Gasteiger partial charge in [0.2, 0.25) is 0 Å². The second-order valence-electron chi connectivity index (χ2n) is 3.70. The van der Waals surface area contributed by atoms with Crippen LogP contribution >= 0.6 is 0 Å². The normalized spacial score (nSPS) is 12.1. The Hall–Kier alpha value is -1.60. The van der Waals surface area contributed by atoms with Crippen LogP contribution in [0.2, 0.25) is 0 Å². The maximum Gasteiger partial charge on any atom is 0.268 e. The molecule has 0 aliphatic heterocycles. The zero-order chi connectivity index (χ0) is 11.4. The Kier molecular flexibility index (Phi) is 3.64. The van der Waals surface area contributed by atoms with Crippen LogP contribution in [0.1, 0.15) is 18.2 Å². The van der Waals surface area contributed by atoms with Crippen LogP contribution in [0.5, 0.6) is 0 Å². The highest BCUT2D eigenvalue weighted by molar-refractivity contribution is 5.27. The molecule has 0 saturated carbocycles. The molecule has 1 aromatic heterocycles. The summed E-state index contributed by atoms with van der Waals surface area (Å²) in [6, 6.07) is 5.12. The van der Waals surface area contributed by atoms with Crippen molar-refractivity contribution in [3.63, 3.8) is 0 Å². The minimum Gasteiger partial charge on any atom is -0.396 e. The first-order valence-corrected chi connectivity index (χ1v) is 4.81. The van der Waals surface area contributed by atoms with E-state index in [0.29, 0.717) is 6.54 Å². The van der Waals surface area contributed by atoms with E-state index in [2.05, 4.69) is 0 Å². The molecule has 0 fully saturated rings. The summed E-state index contributed by atoms with van der Waals surface area (Å²) in [5.74, 6) is 0.00958. The first-order chi connectivity index (χ1) is 7.10. The van der Waals surface area contributed by atoms with E-state index in [1.165, 1.54) is 10.6 Å². The molecule has 1 aromatic rings. The third kappa shape index (κ3) is 2.45. The second kappa shape index (κ2) is 4.76. The maximum absolute atomic E-state index is 11.7. The van der Waals surface area contributed by atoms with E-state index in [1.807, 2.05) is 19.9 Å². The van der Waals surface area contributed by atoms with Crippen LogP contribution in [0.15, 0.2) is 16.9 Å². The number of aromatic nitrogens is 1. The van der Waals surface area contributed by atoms with Gasteiger partial charge in [0.15, 0.2) is 0 Å². The molecule has 1 heterocycles. The molecule has 1 unspecified atom stereocenters. The number of aliphatic hydroxyl groups excluding tert-OH is 1. The Bertz CT molecular complexity index is 443. The van der Waals surface area contributed by atoms with Gasteiger partial charge in [-0.15, -0.1) is 0 Å². The fraction of sp³-hybridized carbons (Fsp3) is 0.455. The summed E-state index contributed by atoms with van der Waals surface area (Å²) in [6.07, 6.45) is 0. The first kappa shape index (κ1) is 11.5. The van der Waals surface area contributed by atoms with Gasteiger partial charge in [-0.1, -0.05) is 6.92 Å². The van der Waals surface area contributed by atoms with Crippen LogP contribution in [-0.4, -0.2) is 16.3 Å². The van der Waals surface area contributed by atoms with Crippen LogP contribution in [0.25, 0.3) is 0 Å². The summed E-state index contributed by atoms with van der Waals surface area (Å²) >= 11 is 0. The molecule has 0 radical (unpaired) electrons. The number of pyridine rings is 1. The van der Waals surface area contributed by atoms with E-state index in [1.54, 1.807) is 6.07 Å². The van der Waals surface area contributed by atoms with Gasteiger partial charge in [-0.3, -0.25) is 4.79 Å². The van der Waals surface area contributed by atoms with Gasteiger partial charge in [-0.05, 0) is 25.0 Å². The molecular formula is C11H14N2O2. The number of rotatable bonds is 3. The van der Waals surface area contributed by atoms with Gasteiger partial charge in [0, 0.05) is 18.8 Å². The predicted molar refractivity (Wildman–Crippen MR) is 56.4 cm³/mol. The summed E-state index contributed by atoms with van der Waals surface area (Å²) in [5, 5.41) is 17.6. The third-order valence-corrected chi connectivity index (χ3v) is 2.32. The number of hydrogen-bond acceptors (Lipinski definition) is 3. The minimum absolute atomic E-state index is 0.00958. The highest BCUT2D eigenvalue weighted by Crippen LogP contribution is 2.02. The molecule has 1 atom stereocenters. The molecule has 0 aliphatic carbocycles. The number of hydrogen-bond donors (Lipinski definition) is 1. The average molecular weight is 206 g/mol. The maximum atomic E-state index is 11.7. The largest absolute Gasteiger partial charge is 0.396 e. The second-order valence-corrected chi connectivity index (χ2v) is 3.70. The molecule has 1 N–H and O–H groups in total. The molecule has 0 aliphatic rings. The standard InChI is InChI=1S/C11H14N2O2/c1-8(7-14)6-13-9(2)3-4-10(5-12)11(13)15/h3-4,8,14H,6-7H2,1-2H3. The highest BCUT2D eigenvalue weighted by atomic mass is 16.3. The lowest BCUT2D eigenvalue weighted by Crippen LogP contribution is -2.27. The molecule has 4 heteroatoms. The van der Waals surface area contributed by atoms with E-state index in [0.717, 1.165) is 5.69 Å². The monoisotopic (exact) mass is 206 g/mol. The lowest BCUT2D eigenvalue weighted by atomic mass is 10.2. The van der Waals surface area contributed by atoms with Crippen LogP contribution in [-0.2, 0) is 6.54 Å². The molecule has 0 amide bonds. The van der Waals surface area contributed by atoms with Crippen molar-refractivity contribution in [3.05, 3.63) is 33.7 Å². The number of nitrogens with zero attached hydrogens (tertiary/aromatic N) is 2. The molecule has 15 heavy (non-hydrogen) atoms. The summed E-state index contributed by atoms with van der Waals surface area (Å²) in [4.78, 5) is 11.7. The van der Waals surface area contributed by atoms with Crippen LogP contribution in [0.3, 0.4) is 0 Å². The Morgan fingerprint density at radius 2 is 2.27 bits per heavy atom. The first-order valence-electron chi connectivity index (χ1n) is 4.81. The Labute approximate surface area is 88.4 Å². The average Bonchev–Trinajstić information content (AvgIpc) is 2.24. The van der Waals surface area contributed by atoms with Gasteiger partial charge in [0.25, 0.3) is 5.56 Å². The van der Waals surface area contributed by atoms with E-state index >= 15 is 0 Å². The number of aryl methyl sites for hydroxylation is 1. The van der Waals surface area contributed by atoms with Crippen molar-refractivity contribution in [2.45, 2.75) is 20.4 Å². The van der Waals surface area contributed by atoms with E-state index in [9.17, 15) is 4.79 Å². The lowest BCUT2D eigenvalue weighted by Gasteiger charge is -2.13. The van der Waals surface area contributed by atoms with Gasteiger partial charge >= 0.3 is 0 Å². The molecule has 0 saturated heterocycles. The van der Waals surface area contributed by atoms with Gasteiger partial charge < -0.3 is 9.67 Å². The van der Waals surface area contributed by atoms with Crippen LogP contribution in [0.4, 0.5) is 0 Å². The quantitative estimate of drug-likeness (QED) is 0.789. The zero-order valence-corrected chi connectivity index (χ0v) is 8.90. The SMILES string of the molecule is Cc1ccc(C#N)c(=O)n1CC(C)CO. The minimum atomic E-state index is -0.280. The number of nitriles is 1.